The minimum atomic E-state index is -1.27. The fraction of sp³-hybridized carbons (Fsp3) is 0.211. The lowest BCUT2D eigenvalue weighted by molar-refractivity contribution is -0.117. The molecule has 0 spiro atoms. The van der Waals surface area contributed by atoms with Crippen LogP contribution in [-0.2, 0) is 9.59 Å². The number of benzene rings is 2. The molecule has 7 nitrogen and oxygen atoms in total. The summed E-state index contributed by atoms with van der Waals surface area (Å²) in [6, 6.07) is 11.1. The third kappa shape index (κ3) is 5.24. The molecule has 27 heavy (non-hydrogen) atoms. The van der Waals surface area contributed by atoms with E-state index in [2.05, 4.69) is 10.6 Å². The zero-order valence-corrected chi connectivity index (χ0v) is 15.1. The number of carboxylic acids is 1. The van der Waals surface area contributed by atoms with E-state index < -0.39 is 5.97 Å². The maximum Gasteiger partial charge on any atom is 0.339 e. The minimum Gasteiger partial charge on any atom is -0.507 e. The quantitative estimate of drug-likeness (QED) is 0.429. The molecule has 2 amide bonds. The first-order valence-electron chi connectivity index (χ1n) is 8.32. The Labute approximate surface area is 159 Å². The molecule has 0 atom stereocenters. The fourth-order valence-electron chi connectivity index (χ4n) is 2.38. The van der Waals surface area contributed by atoms with Crippen molar-refractivity contribution in [3.63, 3.8) is 0 Å². The van der Waals surface area contributed by atoms with Gasteiger partial charge >= 0.3 is 5.97 Å². The van der Waals surface area contributed by atoms with E-state index in [1.165, 1.54) is 30.0 Å². The van der Waals surface area contributed by atoms with E-state index in [1.807, 2.05) is 12.1 Å². The molecule has 1 aliphatic carbocycles. The molecule has 1 fully saturated rings. The van der Waals surface area contributed by atoms with Gasteiger partial charge in [0.15, 0.2) is 0 Å². The number of phenols is 1. The number of aromatic carboxylic acids is 1. The summed E-state index contributed by atoms with van der Waals surface area (Å²) in [7, 11) is 0. The molecule has 0 heterocycles. The molecular weight excluding hydrogens is 368 g/mol. The molecule has 0 saturated heterocycles. The molecule has 1 saturated carbocycles. The van der Waals surface area contributed by atoms with Crippen LogP contribution in [-0.4, -0.2) is 33.7 Å². The number of aromatic hydroxyl groups is 1. The van der Waals surface area contributed by atoms with Crippen LogP contribution in [0, 0.1) is 5.92 Å². The molecule has 0 aromatic heterocycles. The normalized spacial score (nSPS) is 13.0. The van der Waals surface area contributed by atoms with Crippen molar-refractivity contribution in [3.05, 3.63) is 48.0 Å². The predicted molar refractivity (Wildman–Crippen MR) is 102 cm³/mol. The van der Waals surface area contributed by atoms with Crippen LogP contribution in [0.5, 0.6) is 5.75 Å². The highest BCUT2D eigenvalue weighted by Gasteiger charge is 2.29. The van der Waals surface area contributed by atoms with E-state index in [1.54, 1.807) is 12.1 Å². The molecule has 4 N–H and O–H groups in total. The number of rotatable bonds is 7. The summed E-state index contributed by atoms with van der Waals surface area (Å²) in [6.07, 6.45) is 1.86. The van der Waals surface area contributed by atoms with Gasteiger partial charge in [-0.25, -0.2) is 4.79 Å². The number of hydrogen-bond acceptors (Lipinski definition) is 5. The maximum atomic E-state index is 12.1. The Balaban J connectivity index is 1.55. The molecule has 0 unspecified atom stereocenters. The number of amides is 2. The van der Waals surface area contributed by atoms with Crippen molar-refractivity contribution in [1.82, 2.24) is 0 Å². The van der Waals surface area contributed by atoms with Crippen LogP contribution < -0.4 is 10.6 Å². The average Bonchev–Trinajstić information content (AvgIpc) is 3.47. The van der Waals surface area contributed by atoms with E-state index >= 15 is 0 Å². The van der Waals surface area contributed by atoms with Crippen molar-refractivity contribution in [1.29, 1.82) is 0 Å². The number of thioether (sulfide) groups is 1. The average molecular weight is 386 g/mol. The second-order valence-electron chi connectivity index (χ2n) is 6.17. The van der Waals surface area contributed by atoms with Crippen LogP contribution in [0.3, 0.4) is 0 Å². The zero-order valence-electron chi connectivity index (χ0n) is 14.3. The number of carbonyl (C=O) groups is 3. The molecule has 0 radical (unpaired) electrons. The standard InChI is InChI=1S/C19H18N2O5S/c22-16-7-6-13(9-15(16)19(25)26)20-17(23)10-27-14-3-1-2-12(8-14)21-18(24)11-4-5-11/h1-3,6-9,11,22H,4-5,10H2,(H,20,23)(H,21,24)(H,25,26). The first-order valence-corrected chi connectivity index (χ1v) is 9.31. The monoisotopic (exact) mass is 386 g/mol. The van der Waals surface area contributed by atoms with Gasteiger partial charge in [-0.2, -0.15) is 0 Å². The number of carbonyl (C=O) groups excluding carboxylic acids is 2. The molecular formula is C19H18N2O5S. The third-order valence-corrected chi connectivity index (χ3v) is 4.92. The smallest absolute Gasteiger partial charge is 0.339 e. The highest BCUT2D eigenvalue weighted by atomic mass is 32.2. The van der Waals surface area contributed by atoms with Crippen molar-refractivity contribution in [2.45, 2.75) is 17.7 Å². The van der Waals surface area contributed by atoms with Crippen molar-refractivity contribution in [3.8, 4) is 5.75 Å². The van der Waals surface area contributed by atoms with E-state index in [9.17, 15) is 19.5 Å². The van der Waals surface area contributed by atoms with E-state index in [0.29, 0.717) is 11.4 Å². The number of hydrogen-bond donors (Lipinski definition) is 4. The highest BCUT2D eigenvalue weighted by molar-refractivity contribution is 8.00. The van der Waals surface area contributed by atoms with Gasteiger partial charge in [-0.3, -0.25) is 9.59 Å². The summed E-state index contributed by atoms with van der Waals surface area (Å²) in [5.41, 5.74) is 0.711. The summed E-state index contributed by atoms with van der Waals surface area (Å²) in [5, 5.41) is 23.9. The van der Waals surface area contributed by atoms with Crippen molar-refractivity contribution in [2.24, 2.45) is 5.92 Å². The lowest BCUT2D eigenvalue weighted by atomic mass is 10.2. The summed E-state index contributed by atoms with van der Waals surface area (Å²) in [6.45, 7) is 0. The highest BCUT2D eigenvalue weighted by Crippen LogP contribution is 2.31. The molecule has 2 aromatic rings. The van der Waals surface area contributed by atoms with Gasteiger partial charge in [0.05, 0.1) is 5.75 Å². The SMILES string of the molecule is O=C(CSc1cccc(NC(=O)C2CC2)c1)Nc1ccc(O)c(C(=O)O)c1. The second kappa shape index (κ2) is 8.13. The second-order valence-corrected chi connectivity index (χ2v) is 7.21. The van der Waals surface area contributed by atoms with Crippen molar-refractivity contribution >= 4 is 40.9 Å². The minimum absolute atomic E-state index is 0.0245. The Hall–Kier alpha value is -3.00. The van der Waals surface area contributed by atoms with Gasteiger partial charge in [0, 0.05) is 22.2 Å². The Morgan fingerprint density at radius 1 is 1.04 bits per heavy atom. The third-order valence-electron chi connectivity index (χ3n) is 3.93. The largest absolute Gasteiger partial charge is 0.507 e. The summed E-state index contributed by atoms with van der Waals surface area (Å²) >= 11 is 1.30. The molecule has 0 bridgehead atoms. The molecule has 140 valence electrons. The lowest BCUT2D eigenvalue weighted by Gasteiger charge is -2.08. The van der Waals surface area contributed by atoms with E-state index in [-0.39, 0.29) is 34.8 Å². The van der Waals surface area contributed by atoms with Gasteiger partial charge in [-0.05, 0) is 49.2 Å². The van der Waals surface area contributed by atoms with Crippen LogP contribution in [0.2, 0.25) is 0 Å². The van der Waals surface area contributed by atoms with Gasteiger partial charge in [-0.1, -0.05) is 6.07 Å². The maximum absolute atomic E-state index is 12.1. The van der Waals surface area contributed by atoms with E-state index in [4.69, 9.17) is 5.11 Å². The topological polar surface area (TPSA) is 116 Å². The summed E-state index contributed by atoms with van der Waals surface area (Å²) in [4.78, 5) is 35.8. The van der Waals surface area contributed by atoms with Crippen LogP contribution in [0.15, 0.2) is 47.4 Å². The summed E-state index contributed by atoms with van der Waals surface area (Å²) in [5.74, 6) is -1.69. The van der Waals surface area contributed by atoms with E-state index in [0.717, 1.165) is 17.7 Å². The van der Waals surface area contributed by atoms with Crippen molar-refractivity contribution < 1.29 is 24.6 Å². The molecule has 8 heteroatoms. The summed E-state index contributed by atoms with van der Waals surface area (Å²) < 4.78 is 0. The van der Waals surface area contributed by atoms with Crippen molar-refractivity contribution in [2.75, 3.05) is 16.4 Å². The zero-order chi connectivity index (χ0) is 19.4. The van der Waals surface area contributed by atoms with Gasteiger partial charge in [-0.15, -0.1) is 11.8 Å². The van der Waals surface area contributed by atoms with Gasteiger partial charge in [0.1, 0.15) is 11.3 Å². The first kappa shape index (κ1) is 18.8. The van der Waals surface area contributed by atoms with Gasteiger partial charge in [0.2, 0.25) is 11.8 Å². The molecule has 0 aliphatic heterocycles. The predicted octanol–water partition coefficient (Wildman–Crippen LogP) is 3.17. The van der Waals surface area contributed by atoms with Gasteiger partial charge < -0.3 is 20.8 Å². The van der Waals surface area contributed by atoms with Crippen LogP contribution in [0.25, 0.3) is 0 Å². The van der Waals surface area contributed by atoms with Crippen LogP contribution in [0.1, 0.15) is 23.2 Å². The first-order chi connectivity index (χ1) is 12.9. The lowest BCUT2D eigenvalue weighted by Crippen LogP contribution is -2.14. The van der Waals surface area contributed by atoms with Crippen LogP contribution >= 0.6 is 11.8 Å². The molecule has 3 rings (SSSR count). The molecule has 2 aromatic carbocycles. The Morgan fingerprint density at radius 2 is 1.78 bits per heavy atom. The Bertz CT molecular complexity index is 895. The number of anilines is 2. The molecule has 1 aliphatic rings. The number of carboxylic acid groups (broad SMARTS) is 1. The van der Waals surface area contributed by atoms with Gasteiger partial charge in [0.25, 0.3) is 0 Å². The fourth-order valence-corrected chi connectivity index (χ4v) is 3.14. The number of nitrogens with one attached hydrogen (secondary N) is 2. The Morgan fingerprint density at radius 3 is 2.48 bits per heavy atom. The Kier molecular flexibility index (Phi) is 5.66. The van der Waals surface area contributed by atoms with Crippen LogP contribution in [0.4, 0.5) is 11.4 Å².